The van der Waals surface area contributed by atoms with Crippen molar-refractivity contribution in [3.8, 4) is 5.75 Å². The summed E-state index contributed by atoms with van der Waals surface area (Å²) in [5, 5.41) is 12.6. The largest absolute Gasteiger partial charge is 0.507 e. The van der Waals surface area contributed by atoms with Crippen molar-refractivity contribution in [3.63, 3.8) is 0 Å². The van der Waals surface area contributed by atoms with Crippen molar-refractivity contribution in [1.29, 1.82) is 0 Å². The molecule has 0 spiro atoms. The highest BCUT2D eigenvalue weighted by molar-refractivity contribution is 5.97. The third-order valence-corrected chi connectivity index (χ3v) is 3.17. The number of carbonyl (C=O) groups excluding carboxylic acids is 1. The summed E-state index contributed by atoms with van der Waals surface area (Å²) < 4.78 is 2.01. The van der Waals surface area contributed by atoms with E-state index in [1.165, 1.54) is 0 Å². The van der Waals surface area contributed by atoms with Gasteiger partial charge in [0.15, 0.2) is 0 Å². The summed E-state index contributed by atoms with van der Waals surface area (Å²) in [5.74, 6) is -0.169. The Morgan fingerprint density at radius 2 is 2.25 bits per heavy atom. The SMILES string of the molecule is Cc1cccc(C(=O)NCCCCn2ccnc2)c1O. The first-order valence-electron chi connectivity index (χ1n) is 6.71. The fourth-order valence-electron chi connectivity index (χ4n) is 1.98. The van der Waals surface area contributed by atoms with Gasteiger partial charge in [0.2, 0.25) is 0 Å². The molecule has 2 rings (SSSR count). The predicted molar refractivity (Wildman–Crippen MR) is 76.6 cm³/mol. The summed E-state index contributed by atoms with van der Waals surface area (Å²) >= 11 is 0. The van der Waals surface area contributed by atoms with Gasteiger partial charge in [0.1, 0.15) is 5.75 Å². The number of unbranched alkanes of at least 4 members (excludes halogenated alkanes) is 1. The van der Waals surface area contributed by atoms with E-state index < -0.39 is 0 Å². The molecular formula is C15H19N3O2. The van der Waals surface area contributed by atoms with Crippen LogP contribution in [0.4, 0.5) is 0 Å². The van der Waals surface area contributed by atoms with E-state index in [0.29, 0.717) is 17.7 Å². The van der Waals surface area contributed by atoms with Crippen LogP contribution in [-0.4, -0.2) is 27.1 Å². The first kappa shape index (κ1) is 14.1. The number of imidazole rings is 1. The number of nitrogens with one attached hydrogen (secondary N) is 1. The summed E-state index contributed by atoms with van der Waals surface area (Å²) in [6, 6.07) is 5.17. The average Bonchev–Trinajstić information content (AvgIpc) is 2.94. The van der Waals surface area contributed by atoms with E-state index in [0.717, 1.165) is 19.4 Å². The Bertz CT molecular complexity index is 565. The molecule has 0 saturated carbocycles. The molecule has 0 aliphatic carbocycles. The maximum absolute atomic E-state index is 11.9. The summed E-state index contributed by atoms with van der Waals surface area (Å²) in [4.78, 5) is 15.9. The molecule has 1 aromatic heterocycles. The minimum absolute atomic E-state index is 0.0587. The third-order valence-electron chi connectivity index (χ3n) is 3.17. The minimum Gasteiger partial charge on any atom is -0.507 e. The Labute approximate surface area is 118 Å². The van der Waals surface area contributed by atoms with Gasteiger partial charge in [-0.05, 0) is 31.4 Å². The van der Waals surface area contributed by atoms with Gasteiger partial charge in [-0.2, -0.15) is 0 Å². The van der Waals surface area contributed by atoms with Crippen LogP contribution in [0.1, 0.15) is 28.8 Å². The van der Waals surface area contributed by atoms with Crippen molar-refractivity contribution in [2.45, 2.75) is 26.3 Å². The number of phenolic OH excluding ortho intramolecular Hbond substituents is 1. The Morgan fingerprint density at radius 3 is 3.00 bits per heavy atom. The van der Waals surface area contributed by atoms with E-state index in [-0.39, 0.29) is 11.7 Å². The summed E-state index contributed by atoms with van der Waals surface area (Å²) in [6.45, 7) is 3.27. The molecule has 2 aromatic rings. The molecule has 2 N–H and O–H groups in total. The number of benzene rings is 1. The van der Waals surface area contributed by atoms with Crippen LogP contribution in [-0.2, 0) is 6.54 Å². The molecular weight excluding hydrogens is 254 g/mol. The molecule has 5 heteroatoms. The van der Waals surface area contributed by atoms with E-state index >= 15 is 0 Å². The molecule has 1 amide bonds. The van der Waals surface area contributed by atoms with Gasteiger partial charge in [-0.1, -0.05) is 12.1 Å². The van der Waals surface area contributed by atoms with Crippen LogP contribution < -0.4 is 5.32 Å². The second-order valence-corrected chi connectivity index (χ2v) is 4.73. The highest BCUT2D eigenvalue weighted by Crippen LogP contribution is 2.20. The van der Waals surface area contributed by atoms with Gasteiger partial charge in [-0.25, -0.2) is 4.98 Å². The first-order valence-corrected chi connectivity index (χ1v) is 6.71. The maximum atomic E-state index is 11.9. The lowest BCUT2D eigenvalue weighted by atomic mass is 10.1. The Kier molecular flexibility index (Phi) is 4.76. The Hall–Kier alpha value is -2.30. The number of aryl methyl sites for hydroxylation is 2. The number of nitrogens with zero attached hydrogens (tertiary/aromatic N) is 2. The van der Waals surface area contributed by atoms with Crippen molar-refractivity contribution < 1.29 is 9.90 Å². The lowest BCUT2D eigenvalue weighted by Crippen LogP contribution is -2.24. The van der Waals surface area contributed by atoms with Gasteiger partial charge in [-0.15, -0.1) is 0 Å². The number of carbonyl (C=O) groups is 1. The molecule has 0 aliphatic rings. The third kappa shape index (κ3) is 3.60. The Morgan fingerprint density at radius 1 is 1.40 bits per heavy atom. The molecule has 0 atom stereocenters. The highest BCUT2D eigenvalue weighted by atomic mass is 16.3. The molecule has 0 radical (unpaired) electrons. The molecule has 20 heavy (non-hydrogen) atoms. The molecule has 0 fully saturated rings. The van der Waals surface area contributed by atoms with Crippen molar-refractivity contribution in [2.75, 3.05) is 6.54 Å². The molecule has 106 valence electrons. The monoisotopic (exact) mass is 273 g/mol. The predicted octanol–water partition coefficient (Wildman–Crippen LogP) is 2.11. The van der Waals surface area contributed by atoms with Crippen LogP contribution in [0.2, 0.25) is 0 Å². The highest BCUT2D eigenvalue weighted by Gasteiger charge is 2.11. The molecule has 5 nitrogen and oxygen atoms in total. The molecule has 1 heterocycles. The van der Waals surface area contributed by atoms with Crippen LogP contribution >= 0.6 is 0 Å². The zero-order valence-corrected chi connectivity index (χ0v) is 11.5. The average molecular weight is 273 g/mol. The number of rotatable bonds is 6. The van der Waals surface area contributed by atoms with E-state index in [4.69, 9.17) is 0 Å². The quantitative estimate of drug-likeness (QED) is 0.792. The van der Waals surface area contributed by atoms with Crippen molar-refractivity contribution in [3.05, 3.63) is 48.0 Å². The molecule has 0 saturated heterocycles. The second-order valence-electron chi connectivity index (χ2n) is 4.73. The summed E-state index contributed by atoms with van der Waals surface area (Å²) in [5.41, 5.74) is 1.04. The lowest BCUT2D eigenvalue weighted by molar-refractivity contribution is 0.0950. The smallest absolute Gasteiger partial charge is 0.255 e. The van der Waals surface area contributed by atoms with Gasteiger partial charge < -0.3 is 15.0 Å². The van der Waals surface area contributed by atoms with Gasteiger partial charge in [-0.3, -0.25) is 4.79 Å². The molecule has 0 bridgehead atoms. The van der Waals surface area contributed by atoms with Crippen LogP contribution in [0.15, 0.2) is 36.9 Å². The fourth-order valence-corrected chi connectivity index (χ4v) is 1.98. The number of hydrogen-bond acceptors (Lipinski definition) is 3. The van der Waals surface area contributed by atoms with Gasteiger partial charge in [0, 0.05) is 25.5 Å². The van der Waals surface area contributed by atoms with Crippen molar-refractivity contribution in [1.82, 2.24) is 14.9 Å². The number of aromatic hydroxyl groups is 1. The maximum Gasteiger partial charge on any atom is 0.255 e. The van der Waals surface area contributed by atoms with E-state index in [1.54, 1.807) is 37.6 Å². The molecule has 0 aliphatic heterocycles. The standard InChI is InChI=1S/C15H19N3O2/c1-12-5-4-6-13(14(12)19)15(20)17-7-2-3-9-18-10-8-16-11-18/h4-6,8,10-11,19H,2-3,7,9H2,1H3,(H,17,20). The zero-order valence-electron chi connectivity index (χ0n) is 11.5. The Balaban J connectivity index is 1.74. The first-order chi connectivity index (χ1) is 9.68. The molecule has 1 aromatic carbocycles. The van der Waals surface area contributed by atoms with Crippen molar-refractivity contribution >= 4 is 5.91 Å². The van der Waals surface area contributed by atoms with E-state index in [1.807, 2.05) is 10.8 Å². The zero-order chi connectivity index (χ0) is 14.4. The fraction of sp³-hybridized carbons (Fsp3) is 0.333. The van der Waals surface area contributed by atoms with Gasteiger partial charge in [0.05, 0.1) is 11.9 Å². The van der Waals surface area contributed by atoms with Crippen LogP contribution in [0, 0.1) is 6.92 Å². The van der Waals surface area contributed by atoms with E-state index in [2.05, 4.69) is 10.3 Å². The normalized spacial score (nSPS) is 10.4. The number of amides is 1. The minimum atomic E-state index is -0.228. The van der Waals surface area contributed by atoms with Crippen molar-refractivity contribution in [2.24, 2.45) is 0 Å². The number of hydrogen-bond donors (Lipinski definition) is 2. The summed E-state index contributed by atoms with van der Waals surface area (Å²) in [6.07, 6.45) is 7.31. The van der Waals surface area contributed by atoms with E-state index in [9.17, 15) is 9.90 Å². The van der Waals surface area contributed by atoms with Gasteiger partial charge >= 0.3 is 0 Å². The number of para-hydroxylation sites is 1. The van der Waals surface area contributed by atoms with Crippen LogP contribution in [0.5, 0.6) is 5.75 Å². The number of aromatic nitrogens is 2. The lowest BCUT2D eigenvalue weighted by Gasteiger charge is -2.08. The van der Waals surface area contributed by atoms with Crippen LogP contribution in [0.25, 0.3) is 0 Å². The second kappa shape index (κ2) is 6.75. The number of phenols is 1. The summed E-state index contributed by atoms with van der Waals surface area (Å²) in [7, 11) is 0. The molecule has 0 unspecified atom stereocenters. The van der Waals surface area contributed by atoms with Gasteiger partial charge in [0.25, 0.3) is 5.91 Å². The van der Waals surface area contributed by atoms with Crippen LogP contribution in [0.3, 0.4) is 0 Å². The topological polar surface area (TPSA) is 67.2 Å².